The number of hydrogen-bond donors (Lipinski definition) is 1. The van der Waals surface area contributed by atoms with Crippen LogP contribution in [0.25, 0.3) is 0 Å². The molecule has 2 saturated heterocycles. The monoisotopic (exact) mass is 497 g/mol. The first-order valence-electron chi connectivity index (χ1n) is 12.0. The lowest BCUT2D eigenvalue weighted by Gasteiger charge is -2.43. The SMILES string of the molecule is NCc1cccc(S(=O)(=O)[C@@H]2C[C@H](C3CCCCC3)CN(C(=O)N3CCS(=O)(=O)CC3)C2)c1. The number of hydrogen-bond acceptors (Lipinski definition) is 6. The first-order valence-corrected chi connectivity index (χ1v) is 15.3. The second-order valence-electron chi connectivity index (χ2n) is 9.74. The largest absolute Gasteiger partial charge is 0.326 e. The van der Waals surface area contributed by atoms with Gasteiger partial charge in [-0.15, -0.1) is 0 Å². The Labute approximate surface area is 197 Å². The van der Waals surface area contributed by atoms with Crippen LogP contribution in [0.1, 0.15) is 44.1 Å². The summed E-state index contributed by atoms with van der Waals surface area (Å²) < 4.78 is 50.9. The van der Waals surface area contributed by atoms with Crippen molar-refractivity contribution < 1.29 is 21.6 Å². The maximum atomic E-state index is 13.6. The Morgan fingerprint density at radius 1 is 1.00 bits per heavy atom. The summed E-state index contributed by atoms with van der Waals surface area (Å²) >= 11 is 0. The summed E-state index contributed by atoms with van der Waals surface area (Å²) in [5.74, 6) is 0.483. The minimum absolute atomic E-state index is 0.0355. The number of piperidine rings is 1. The summed E-state index contributed by atoms with van der Waals surface area (Å²) in [5.41, 5.74) is 6.49. The average molecular weight is 498 g/mol. The highest BCUT2D eigenvalue weighted by Gasteiger charge is 2.42. The second kappa shape index (κ2) is 9.92. The molecule has 33 heavy (non-hydrogen) atoms. The summed E-state index contributed by atoms with van der Waals surface area (Å²) in [4.78, 5) is 16.9. The van der Waals surface area contributed by atoms with E-state index < -0.39 is 24.9 Å². The minimum atomic E-state index is -3.65. The quantitative estimate of drug-likeness (QED) is 0.680. The van der Waals surface area contributed by atoms with Crippen LogP contribution in [0.5, 0.6) is 0 Å². The van der Waals surface area contributed by atoms with Gasteiger partial charge in [0.15, 0.2) is 19.7 Å². The van der Waals surface area contributed by atoms with Crippen LogP contribution >= 0.6 is 0 Å². The van der Waals surface area contributed by atoms with Crippen LogP contribution in [-0.4, -0.2) is 75.6 Å². The standard InChI is InChI=1S/C23H35N3O5S2/c24-15-18-5-4-8-21(13-18)33(30,31)22-14-20(19-6-2-1-3-7-19)16-26(17-22)23(27)25-9-11-32(28,29)12-10-25/h4-5,8,13,19-20,22H,1-3,6-7,9-12,14-17,24H2/t20-,22+/m0/s1. The highest BCUT2D eigenvalue weighted by Crippen LogP contribution is 2.38. The summed E-state index contributed by atoms with van der Waals surface area (Å²) in [5, 5.41) is -0.677. The molecule has 2 amide bonds. The van der Waals surface area contributed by atoms with E-state index >= 15 is 0 Å². The fraction of sp³-hybridized carbons (Fsp3) is 0.696. The van der Waals surface area contributed by atoms with Gasteiger partial charge >= 0.3 is 6.03 Å². The molecular formula is C23H35N3O5S2. The Morgan fingerprint density at radius 2 is 1.70 bits per heavy atom. The van der Waals surface area contributed by atoms with Crippen LogP contribution in [0.4, 0.5) is 4.79 Å². The molecule has 4 rings (SSSR count). The lowest BCUT2D eigenvalue weighted by atomic mass is 9.76. The van der Waals surface area contributed by atoms with Gasteiger partial charge < -0.3 is 15.5 Å². The number of sulfone groups is 2. The van der Waals surface area contributed by atoms with Crippen LogP contribution in [0.3, 0.4) is 0 Å². The number of urea groups is 1. The zero-order valence-corrected chi connectivity index (χ0v) is 20.7. The number of carbonyl (C=O) groups is 1. The van der Waals surface area contributed by atoms with Gasteiger partial charge in [-0.1, -0.05) is 44.2 Å². The summed E-state index contributed by atoms with van der Waals surface area (Å²) in [7, 11) is -6.75. The van der Waals surface area contributed by atoms with Gasteiger partial charge in [-0.05, 0) is 36.0 Å². The number of rotatable bonds is 4. The maximum Gasteiger partial charge on any atom is 0.320 e. The Kier molecular flexibility index (Phi) is 7.35. The highest BCUT2D eigenvalue weighted by molar-refractivity contribution is 7.92. The van der Waals surface area contributed by atoms with Gasteiger partial charge in [-0.2, -0.15) is 0 Å². The molecule has 10 heteroatoms. The molecule has 0 aromatic heterocycles. The van der Waals surface area contributed by atoms with Crippen molar-refractivity contribution in [1.82, 2.24) is 9.80 Å². The van der Waals surface area contributed by atoms with Crippen LogP contribution in [0, 0.1) is 11.8 Å². The molecule has 2 heterocycles. The minimum Gasteiger partial charge on any atom is -0.326 e. The third-order valence-electron chi connectivity index (χ3n) is 7.55. The van der Waals surface area contributed by atoms with Gasteiger partial charge in [0, 0.05) is 32.7 Å². The molecule has 184 valence electrons. The Balaban J connectivity index is 1.58. The number of benzene rings is 1. The van der Waals surface area contributed by atoms with E-state index in [1.807, 2.05) is 6.07 Å². The molecule has 0 spiro atoms. The predicted molar refractivity (Wildman–Crippen MR) is 127 cm³/mol. The van der Waals surface area contributed by atoms with Crippen LogP contribution in [-0.2, 0) is 26.2 Å². The van der Waals surface area contributed by atoms with Crippen molar-refractivity contribution in [3.63, 3.8) is 0 Å². The van der Waals surface area contributed by atoms with E-state index in [-0.39, 0.29) is 54.5 Å². The molecule has 1 aromatic carbocycles. The van der Waals surface area contributed by atoms with Crippen molar-refractivity contribution in [3.8, 4) is 0 Å². The molecule has 0 unspecified atom stereocenters. The van der Waals surface area contributed by atoms with E-state index in [9.17, 15) is 21.6 Å². The molecule has 0 radical (unpaired) electrons. The first kappa shape index (κ1) is 24.5. The molecule has 1 saturated carbocycles. The fourth-order valence-electron chi connectivity index (χ4n) is 5.56. The van der Waals surface area contributed by atoms with E-state index in [0.717, 1.165) is 31.2 Å². The molecule has 3 fully saturated rings. The second-order valence-corrected chi connectivity index (χ2v) is 14.3. The average Bonchev–Trinajstić information content (AvgIpc) is 2.84. The van der Waals surface area contributed by atoms with Gasteiger partial charge in [-0.3, -0.25) is 0 Å². The normalized spacial score (nSPS) is 26.8. The number of carbonyl (C=O) groups excluding carboxylic acids is 1. The van der Waals surface area contributed by atoms with Gasteiger partial charge in [-0.25, -0.2) is 21.6 Å². The van der Waals surface area contributed by atoms with Crippen molar-refractivity contribution in [2.24, 2.45) is 17.6 Å². The van der Waals surface area contributed by atoms with Crippen LogP contribution in [0.15, 0.2) is 29.2 Å². The number of nitrogens with two attached hydrogens (primary N) is 1. The molecule has 8 nitrogen and oxygen atoms in total. The molecule has 0 bridgehead atoms. The lowest BCUT2D eigenvalue weighted by Crippen LogP contribution is -2.56. The van der Waals surface area contributed by atoms with Gasteiger partial charge in [0.05, 0.1) is 21.7 Å². The van der Waals surface area contributed by atoms with E-state index in [2.05, 4.69) is 0 Å². The van der Waals surface area contributed by atoms with Gasteiger partial charge in [0.1, 0.15) is 0 Å². The zero-order valence-electron chi connectivity index (χ0n) is 19.1. The molecule has 2 aliphatic heterocycles. The Hall–Kier alpha value is -1.65. The molecule has 1 aromatic rings. The van der Waals surface area contributed by atoms with Crippen LogP contribution in [0.2, 0.25) is 0 Å². The molecule has 2 atom stereocenters. The summed E-state index contributed by atoms with van der Waals surface area (Å²) in [6, 6.07) is 6.54. The number of nitrogens with zero attached hydrogens (tertiary/aromatic N) is 2. The first-order chi connectivity index (χ1) is 15.7. The van der Waals surface area contributed by atoms with Crippen molar-refractivity contribution in [1.29, 1.82) is 0 Å². The van der Waals surface area contributed by atoms with E-state index in [1.165, 1.54) is 6.42 Å². The van der Waals surface area contributed by atoms with E-state index in [0.29, 0.717) is 18.9 Å². The smallest absolute Gasteiger partial charge is 0.320 e. The highest BCUT2D eigenvalue weighted by atomic mass is 32.2. The topological polar surface area (TPSA) is 118 Å². The molecule has 2 N–H and O–H groups in total. The van der Waals surface area contributed by atoms with E-state index in [4.69, 9.17) is 5.73 Å². The van der Waals surface area contributed by atoms with E-state index in [1.54, 1.807) is 28.0 Å². The fourth-order valence-corrected chi connectivity index (χ4v) is 8.61. The molecular weight excluding hydrogens is 462 g/mol. The third-order valence-corrected chi connectivity index (χ3v) is 11.3. The summed E-state index contributed by atoms with van der Waals surface area (Å²) in [6.45, 7) is 1.28. The van der Waals surface area contributed by atoms with Crippen LogP contribution < -0.4 is 5.73 Å². The molecule has 3 aliphatic rings. The maximum absolute atomic E-state index is 13.6. The van der Waals surface area contributed by atoms with Crippen molar-refractivity contribution in [2.75, 3.05) is 37.7 Å². The van der Waals surface area contributed by atoms with Gasteiger partial charge in [0.2, 0.25) is 0 Å². The number of amides is 2. The predicted octanol–water partition coefficient (Wildman–Crippen LogP) is 2.04. The van der Waals surface area contributed by atoms with Crippen molar-refractivity contribution in [2.45, 2.75) is 55.2 Å². The van der Waals surface area contributed by atoms with Gasteiger partial charge in [0.25, 0.3) is 0 Å². The Morgan fingerprint density at radius 3 is 2.36 bits per heavy atom. The Bertz CT molecular complexity index is 1050. The summed E-state index contributed by atoms with van der Waals surface area (Å²) in [6.07, 6.45) is 6.21. The number of likely N-dealkylation sites (tertiary alicyclic amines) is 1. The van der Waals surface area contributed by atoms with Crippen molar-refractivity contribution in [3.05, 3.63) is 29.8 Å². The van der Waals surface area contributed by atoms with Crippen molar-refractivity contribution >= 4 is 25.7 Å². The zero-order chi connectivity index (χ0) is 23.6. The molecule has 1 aliphatic carbocycles. The third kappa shape index (κ3) is 5.54. The lowest BCUT2D eigenvalue weighted by molar-refractivity contribution is 0.105.